The number of hydrogen-bond acceptors (Lipinski definition) is 8. The summed E-state index contributed by atoms with van der Waals surface area (Å²) in [5, 5.41) is 8.01. The van der Waals surface area contributed by atoms with Crippen molar-refractivity contribution in [3.05, 3.63) is 59.7 Å². The fourth-order valence-electron chi connectivity index (χ4n) is 5.15. The van der Waals surface area contributed by atoms with Crippen LogP contribution in [0, 0.1) is 12.8 Å². The molecule has 4 aromatic rings. The molecule has 2 aliphatic rings. The molecule has 1 aliphatic heterocycles. The van der Waals surface area contributed by atoms with Crippen LogP contribution in [0.2, 0.25) is 5.15 Å². The Morgan fingerprint density at radius 2 is 1.87 bits per heavy atom. The van der Waals surface area contributed by atoms with Crippen molar-refractivity contribution < 1.29 is 14.4 Å². The SMILES string of the molecule is CC(=O)c1nn(CC(=O)N2C3C[C@@H]3C[C@H]2C(=O)Nc2cncc(Cl)n2)c2ccc(-c3cnc(C)nc3)cc12. The van der Waals surface area contributed by atoms with Crippen LogP contribution in [-0.4, -0.2) is 64.3 Å². The van der Waals surface area contributed by atoms with E-state index < -0.39 is 6.04 Å². The molecule has 2 fully saturated rings. The summed E-state index contributed by atoms with van der Waals surface area (Å²) in [6.45, 7) is 3.16. The fraction of sp³-hybridized carbons (Fsp3) is 0.308. The first kappa shape index (κ1) is 24.1. The highest BCUT2D eigenvalue weighted by molar-refractivity contribution is 6.29. The largest absolute Gasteiger partial charge is 0.326 e. The van der Waals surface area contributed by atoms with Crippen LogP contribution in [0.5, 0.6) is 0 Å². The van der Waals surface area contributed by atoms with Crippen molar-refractivity contribution >= 4 is 45.9 Å². The van der Waals surface area contributed by atoms with Crippen LogP contribution in [0.4, 0.5) is 5.82 Å². The van der Waals surface area contributed by atoms with Gasteiger partial charge in [-0.2, -0.15) is 5.10 Å². The maximum Gasteiger partial charge on any atom is 0.248 e. The van der Waals surface area contributed by atoms with Crippen LogP contribution in [0.3, 0.4) is 0 Å². The minimum absolute atomic E-state index is 0.0194. The quantitative estimate of drug-likeness (QED) is 0.376. The number of nitrogens with one attached hydrogen (secondary N) is 1. The van der Waals surface area contributed by atoms with Gasteiger partial charge < -0.3 is 10.2 Å². The monoisotopic (exact) mass is 530 g/mol. The molecule has 1 saturated heterocycles. The van der Waals surface area contributed by atoms with Gasteiger partial charge in [-0.3, -0.25) is 24.0 Å². The molecule has 3 atom stereocenters. The van der Waals surface area contributed by atoms with Crippen LogP contribution in [0.15, 0.2) is 43.0 Å². The van der Waals surface area contributed by atoms with Gasteiger partial charge in [0.15, 0.2) is 11.6 Å². The zero-order valence-corrected chi connectivity index (χ0v) is 21.4. The number of amides is 2. The Labute approximate surface area is 222 Å². The molecule has 1 unspecified atom stereocenters. The number of ketones is 1. The number of piperidine rings is 1. The summed E-state index contributed by atoms with van der Waals surface area (Å²) in [7, 11) is 0. The number of Topliss-reactive ketones (excluding diaryl/α,β-unsaturated/α-hetero) is 1. The first-order chi connectivity index (χ1) is 18.3. The van der Waals surface area contributed by atoms with E-state index in [-0.39, 0.29) is 46.8 Å². The molecule has 12 heteroatoms. The van der Waals surface area contributed by atoms with Crippen molar-refractivity contribution in [2.45, 2.75) is 45.3 Å². The van der Waals surface area contributed by atoms with E-state index in [9.17, 15) is 14.4 Å². The van der Waals surface area contributed by atoms with Gasteiger partial charge in [-0.1, -0.05) is 17.7 Å². The van der Waals surface area contributed by atoms with Gasteiger partial charge >= 0.3 is 0 Å². The molecule has 4 heterocycles. The highest BCUT2D eigenvalue weighted by atomic mass is 35.5. The zero-order chi connectivity index (χ0) is 26.6. The van der Waals surface area contributed by atoms with Crippen LogP contribution >= 0.6 is 11.6 Å². The third kappa shape index (κ3) is 4.38. The lowest BCUT2D eigenvalue weighted by Gasteiger charge is -2.26. The molecule has 11 nitrogen and oxygen atoms in total. The summed E-state index contributed by atoms with van der Waals surface area (Å²) >= 11 is 5.88. The van der Waals surface area contributed by atoms with Crippen LogP contribution < -0.4 is 5.32 Å². The summed E-state index contributed by atoms with van der Waals surface area (Å²) in [4.78, 5) is 57.2. The molecule has 0 radical (unpaired) electrons. The molecule has 0 spiro atoms. The normalized spacial score (nSPS) is 19.9. The molecule has 3 aromatic heterocycles. The number of anilines is 1. The van der Waals surface area contributed by atoms with E-state index in [4.69, 9.17) is 11.6 Å². The number of nitrogens with zero attached hydrogens (tertiary/aromatic N) is 7. The summed E-state index contributed by atoms with van der Waals surface area (Å²) in [5.74, 6) is 0.417. The third-order valence-electron chi connectivity index (χ3n) is 7.03. The Morgan fingerprint density at radius 1 is 1.08 bits per heavy atom. The van der Waals surface area contributed by atoms with Crippen LogP contribution in [0.1, 0.15) is 36.1 Å². The van der Waals surface area contributed by atoms with Crippen molar-refractivity contribution in [1.29, 1.82) is 0 Å². The lowest BCUT2D eigenvalue weighted by molar-refractivity contribution is -0.138. The van der Waals surface area contributed by atoms with Crippen molar-refractivity contribution in [2.24, 2.45) is 5.92 Å². The second-order valence-electron chi connectivity index (χ2n) is 9.65. The maximum absolute atomic E-state index is 13.6. The molecular weight excluding hydrogens is 508 g/mol. The average Bonchev–Trinajstić information content (AvgIpc) is 3.39. The molecule has 0 bridgehead atoms. The van der Waals surface area contributed by atoms with Crippen LogP contribution in [-0.2, 0) is 16.1 Å². The van der Waals surface area contributed by atoms with E-state index in [0.717, 1.165) is 17.5 Å². The molecule has 6 rings (SSSR count). The Balaban J connectivity index is 1.27. The number of carbonyl (C=O) groups excluding carboxylic acids is 3. The van der Waals surface area contributed by atoms with Crippen molar-refractivity contribution in [3.63, 3.8) is 0 Å². The molecule has 1 aliphatic carbocycles. The van der Waals surface area contributed by atoms with Gasteiger partial charge in [0, 0.05) is 36.3 Å². The fourth-order valence-corrected chi connectivity index (χ4v) is 5.30. The number of halogens is 1. The molecule has 1 N–H and O–H groups in total. The number of hydrogen-bond donors (Lipinski definition) is 1. The highest BCUT2D eigenvalue weighted by Crippen LogP contribution is 2.48. The first-order valence-corrected chi connectivity index (χ1v) is 12.6. The van der Waals surface area contributed by atoms with Gasteiger partial charge in [0.2, 0.25) is 11.8 Å². The standard InChI is InChI=1S/C26H23ClN8O3/c1-13(36)25-18-5-15(17-8-29-14(2)30-9-17)3-4-19(18)34(33-25)12-24(37)35-20-6-16(20)7-21(35)26(38)32-23-11-28-10-22(27)31-23/h3-5,8-11,16,20-21H,6-7,12H2,1-2H3,(H,31,32,38)/t16-,20?,21+/m1/s1. The van der Waals surface area contributed by atoms with E-state index in [1.165, 1.54) is 24.0 Å². The van der Waals surface area contributed by atoms with Crippen molar-refractivity contribution in [2.75, 3.05) is 5.32 Å². The van der Waals surface area contributed by atoms with E-state index in [0.29, 0.717) is 29.1 Å². The number of benzene rings is 1. The van der Waals surface area contributed by atoms with Gasteiger partial charge in [0.25, 0.3) is 0 Å². The van der Waals surface area contributed by atoms with Gasteiger partial charge in [0.1, 0.15) is 29.3 Å². The van der Waals surface area contributed by atoms with E-state index in [1.54, 1.807) is 17.3 Å². The second kappa shape index (κ2) is 9.25. The lowest BCUT2D eigenvalue weighted by atomic mass is 10.0. The van der Waals surface area contributed by atoms with Gasteiger partial charge in [-0.05, 0) is 43.4 Å². The van der Waals surface area contributed by atoms with E-state index in [1.807, 2.05) is 25.1 Å². The zero-order valence-electron chi connectivity index (χ0n) is 20.6. The maximum atomic E-state index is 13.6. The van der Waals surface area contributed by atoms with E-state index in [2.05, 4.69) is 30.4 Å². The van der Waals surface area contributed by atoms with Gasteiger partial charge in [-0.25, -0.2) is 15.0 Å². The van der Waals surface area contributed by atoms with Crippen LogP contribution in [0.25, 0.3) is 22.0 Å². The molecular formula is C26H23ClN8O3. The smallest absolute Gasteiger partial charge is 0.248 e. The molecule has 1 saturated carbocycles. The Morgan fingerprint density at radius 3 is 2.61 bits per heavy atom. The second-order valence-corrected chi connectivity index (χ2v) is 10.0. The van der Waals surface area contributed by atoms with Gasteiger partial charge in [0.05, 0.1) is 17.9 Å². The number of rotatable bonds is 6. The summed E-state index contributed by atoms with van der Waals surface area (Å²) in [6.07, 6.45) is 7.68. The third-order valence-corrected chi connectivity index (χ3v) is 7.22. The molecule has 192 valence electrons. The lowest BCUT2D eigenvalue weighted by Crippen LogP contribution is -2.46. The molecule has 38 heavy (non-hydrogen) atoms. The number of aromatic nitrogens is 6. The number of carbonyl (C=O) groups is 3. The van der Waals surface area contributed by atoms with Crippen molar-refractivity contribution in [1.82, 2.24) is 34.6 Å². The molecule has 1 aromatic carbocycles. The summed E-state index contributed by atoms with van der Waals surface area (Å²) < 4.78 is 1.54. The number of fused-ring (bicyclic) bond motifs is 2. The predicted octanol–water partition coefficient (Wildman–Crippen LogP) is 3.08. The average molecular weight is 531 g/mol. The number of aryl methyl sites for hydroxylation is 1. The number of likely N-dealkylation sites (tertiary alicyclic amines) is 1. The Kier molecular flexibility index (Phi) is 5.87. The Bertz CT molecular complexity index is 1600. The first-order valence-electron chi connectivity index (χ1n) is 12.2. The predicted molar refractivity (Wildman–Crippen MR) is 138 cm³/mol. The summed E-state index contributed by atoms with van der Waals surface area (Å²) in [6, 6.07) is 4.98. The van der Waals surface area contributed by atoms with E-state index >= 15 is 0 Å². The highest BCUT2D eigenvalue weighted by Gasteiger charge is 2.56. The summed E-state index contributed by atoms with van der Waals surface area (Å²) in [5.41, 5.74) is 2.59. The Hall–Kier alpha value is -4.25. The molecule has 2 amide bonds. The van der Waals surface area contributed by atoms with Gasteiger partial charge in [-0.15, -0.1) is 0 Å². The topological polar surface area (TPSA) is 136 Å². The minimum Gasteiger partial charge on any atom is -0.326 e. The minimum atomic E-state index is -0.630. The van der Waals surface area contributed by atoms with Crippen molar-refractivity contribution in [3.8, 4) is 11.1 Å².